The number of amides is 1. The number of nitrogens with one attached hydrogen (secondary N) is 1. The second kappa shape index (κ2) is 12.2. The van der Waals surface area contributed by atoms with Gasteiger partial charge < -0.3 is 5.32 Å². The zero-order chi connectivity index (χ0) is 16.0. The summed E-state index contributed by atoms with van der Waals surface area (Å²) in [4.78, 5) is 11.8. The SMILES string of the molecule is C#Cc1ccc(NC(=O)CCCCCCCCCCS)cc1. The van der Waals surface area contributed by atoms with Gasteiger partial charge in [0.15, 0.2) is 0 Å². The van der Waals surface area contributed by atoms with Crippen molar-refractivity contribution in [3.8, 4) is 12.3 Å². The Morgan fingerprint density at radius 3 is 2.05 bits per heavy atom. The minimum Gasteiger partial charge on any atom is -0.326 e. The van der Waals surface area contributed by atoms with Crippen LogP contribution in [0.3, 0.4) is 0 Å². The Bertz CT molecular complexity index is 461. The van der Waals surface area contributed by atoms with Crippen molar-refractivity contribution >= 4 is 24.2 Å². The predicted octanol–water partition coefficient (Wildman–Crippen LogP) is 5.05. The summed E-state index contributed by atoms with van der Waals surface area (Å²) >= 11 is 4.21. The molecular weight excluding hydrogens is 290 g/mol. The van der Waals surface area contributed by atoms with Gasteiger partial charge in [0.25, 0.3) is 0 Å². The molecule has 0 aliphatic carbocycles. The van der Waals surface area contributed by atoms with E-state index in [1.54, 1.807) is 0 Å². The van der Waals surface area contributed by atoms with Gasteiger partial charge >= 0.3 is 0 Å². The van der Waals surface area contributed by atoms with Gasteiger partial charge in [0.05, 0.1) is 0 Å². The molecule has 1 rings (SSSR count). The Hall–Kier alpha value is -1.40. The molecule has 0 aliphatic heterocycles. The first-order chi connectivity index (χ1) is 10.8. The number of unbranched alkanes of at least 4 members (excludes halogenated alkanes) is 7. The number of hydrogen-bond donors (Lipinski definition) is 2. The molecule has 0 aromatic heterocycles. The van der Waals surface area contributed by atoms with Gasteiger partial charge in [-0.1, -0.05) is 44.4 Å². The van der Waals surface area contributed by atoms with Crippen LogP contribution in [0.1, 0.15) is 63.4 Å². The lowest BCUT2D eigenvalue weighted by Crippen LogP contribution is -2.10. The molecular formula is C19H27NOS. The van der Waals surface area contributed by atoms with E-state index >= 15 is 0 Å². The number of hydrogen-bond acceptors (Lipinski definition) is 2. The van der Waals surface area contributed by atoms with Crippen molar-refractivity contribution in [3.05, 3.63) is 29.8 Å². The fraction of sp³-hybridized carbons (Fsp3) is 0.526. The minimum absolute atomic E-state index is 0.0854. The Labute approximate surface area is 140 Å². The molecule has 0 aliphatic rings. The minimum atomic E-state index is 0.0854. The predicted molar refractivity (Wildman–Crippen MR) is 98.4 cm³/mol. The topological polar surface area (TPSA) is 29.1 Å². The fourth-order valence-corrected chi connectivity index (χ4v) is 2.55. The molecule has 1 aromatic rings. The smallest absolute Gasteiger partial charge is 0.224 e. The van der Waals surface area contributed by atoms with Crippen LogP contribution in [0.5, 0.6) is 0 Å². The zero-order valence-corrected chi connectivity index (χ0v) is 14.2. The van der Waals surface area contributed by atoms with Crippen LogP contribution >= 0.6 is 12.6 Å². The van der Waals surface area contributed by atoms with Crippen LogP contribution in [-0.2, 0) is 4.79 Å². The molecule has 3 heteroatoms. The number of rotatable bonds is 11. The first-order valence-electron chi connectivity index (χ1n) is 8.23. The second-order valence-electron chi connectivity index (χ2n) is 5.57. The summed E-state index contributed by atoms with van der Waals surface area (Å²) in [5.41, 5.74) is 1.64. The number of benzene rings is 1. The summed E-state index contributed by atoms with van der Waals surface area (Å²) < 4.78 is 0. The maximum atomic E-state index is 11.8. The standard InChI is InChI=1S/C19H27NOS/c1-2-17-12-14-18(15-13-17)20-19(21)11-9-7-5-3-4-6-8-10-16-22/h1,12-15,22H,3-11,16H2,(H,20,21). The van der Waals surface area contributed by atoms with E-state index in [0.29, 0.717) is 6.42 Å². The molecule has 1 aromatic carbocycles. The molecule has 0 heterocycles. The summed E-state index contributed by atoms with van der Waals surface area (Å²) in [5.74, 6) is 3.65. The molecule has 0 atom stereocenters. The van der Waals surface area contributed by atoms with Crippen LogP contribution in [0.25, 0.3) is 0 Å². The van der Waals surface area contributed by atoms with Crippen molar-refractivity contribution in [2.45, 2.75) is 57.8 Å². The Morgan fingerprint density at radius 2 is 1.50 bits per heavy atom. The lowest BCUT2D eigenvalue weighted by molar-refractivity contribution is -0.116. The van der Waals surface area contributed by atoms with E-state index in [1.165, 1.54) is 38.5 Å². The van der Waals surface area contributed by atoms with Gasteiger partial charge in [0.2, 0.25) is 5.91 Å². The lowest BCUT2D eigenvalue weighted by Gasteiger charge is -2.05. The van der Waals surface area contributed by atoms with Crippen molar-refractivity contribution in [1.29, 1.82) is 0 Å². The highest BCUT2D eigenvalue weighted by Gasteiger charge is 2.02. The summed E-state index contributed by atoms with van der Waals surface area (Å²) in [6, 6.07) is 7.36. The molecule has 0 fully saturated rings. The molecule has 0 saturated heterocycles. The number of carbonyl (C=O) groups excluding carboxylic acids is 1. The molecule has 1 N–H and O–H groups in total. The number of thiol groups is 1. The largest absolute Gasteiger partial charge is 0.326 e. The van der Waals surface area contributed by atoms with Crippen LogP contribution in [-0.4, -0.2) is 11.7 Å². The highest BCUT2D eigenvalue weighted by atomic mass is 32.1. The average molecular weight is 317 g/mol. The molecule has 0 radical (unpaired) electrons. The molecule has 1 amide bonds. The van der Waals surface area contributed by atoms with Crippen molar-refractivity contribution in [2.75, 3.05) is 11.1 Å². The van der Waals surface area contributed by atoms with E-state index < -0.39 is 0 Å². The van der Waals surface area contributed by atoms with Crippen LogP contribution in [0.2, 0.25) is 0 Å². The molecule has 0 unspecified atom stereocenters. The number of carbonyl (C=O) groups is 1. The zero-order valence-electron chi connectivity index (χ0n) is 13.3. The molecule has 0 saturated carbocycles. The van der Waals surface area contributed by atoms with Crippen molar-refractivity contribution in [3.63, 3.8) is 0 Å². The van der Waals surface area contributed by atoms with E-state index in [1.807, 2.05) is 24.3 Å². The maximum absolute atomic E-state index is 11.8. The monoisotopic (exact) mass is 317 g/mol. The van der Waals surface area contributed by atoms with Crippen LogP contribution in [0.4, 0.5) is 5.69 Å². The summed E-state index contributed by atoms with van der Waals surface area (Å²) in [7, 11) is 0. The molecule has 0 bridgehead atoms. The van der Waals surface area contributed by atoms with Crippen LogP contribution < -0.4 is 5.32 Å². The van der Waals surface area contributed by atoms with Gasteiger partial charge in [0, 0.05) is 17.7 Å². The quantitative estimate of drug-likeness (QED) is 0.334. The van der Waals surface area contributed by atoms with E-state index in [4.69, 9.17) is 6.42 Å². The van der Waals surface area contributed by atoms with Crippen molar-refractivity contribution in [1.82, 2.24) is 0 Å². The van der Waals surface area contributed by atoms with E-state index in [0.717, 1.165) is 29.8 Å². The second-order valence-corrected chi connectivity index (χ2v) is 6.02. The van der Waals surface area contributed by atoms with E-state index in [9.17, 15) is 4.79 Å². The third-order valence-corrected chi connectivity index (χ3v) is 3.96. The average Bonchev–Trinajstić information content (AvgIpc) is 2.54. The number of anilines is 1. The van der Waals surface area contributed by atoms with E-state index in [-0.39, 0.29) is 5.91 Å². The van der Waals surface area contributed by atoms with E-state index in [2.05, 4.69) is 23.9 Å². The third kappa shape index (κ3) is 8.79. The summed E-state index contributed by atoms with van der Waals surface area (Å²) in [5, 5.41) is 2.90. The Balaban J connectivity index is 2.02. The normalized spacial score (nSPS) is 10.2. The summed E-state index contributed by atoms with van der Waals surface area (Å²) in [6.07, 6.45) is 15.6. The van der Waals surface area contributed by atoms with Crippen LogP contribution in [0.15, 0.2) is 24.3 Å². The van der Waals surface area contributed by atoms with Crippen LogP contribution in [0, 0.1) is 12.3 Å². The highest BCUT2D eigenvalue weighted by molar-refractivity contribution is 7.80. The third-order valence-electron chi connectivity index (χ3n) is 3.65. The molecule has 22 heavy (non-hydrogen) atoms. The van der Waals surface area contributed by atoms with Crippen molar-refractivity contribution in [2.24, 2.45) is 0 Å². The van der Waals surface area contributed by atoms with Gasteiger partial charge in [-0.05, 0) is 42.9 Å². The van der Waals surface area contributed by atoms with Crippen molar-refractivity contribution < 1.29 is 4.79 Å². The Kier molecular flexibility index (Phi) is 10.3. The molecule has 2 nitrogen and oxygen atoms in total. The maximum Gasteiger partial charge on any atom is 0.224 e. The van der Waals surface area contributed by atoms with Gasteiger partial charge in [0.1, 0.15) is 0 Å². The van der Waals surface area contributed by atoms with Gasteiger partial charge in [-0.25, -0.2) is 0 Å². The first kappa shape index (κ1) is 18.6. The molecule has 0 spiro atoms. The van der Waals surface area contributed by atoms with Gasteiger partial charge in [-0.15, -0.1) is 6.42 Å². The van der Waals surface area contributed by atoms with Gasteiger partial charge in [-0.2, -0.15) is 12.6 Å². The number of terminal acetylenes is 1. The fourth-order valence-electron chi connectivity index (χ4n) is 2.33. The first-order valence-corrected chi connectivity index (χ1v) is 8.87. The highest BCUT2D eigenvalue weighted by Crippen LogP contribution is 2.12. The lowest BCUT2D eigenvalue weighted by atomic mass is 10.1. The Morgan fingerprint density at radius 1 is 0.955 bits per heavy atom. The summed E-state index contributed by atoms with van der Waals surface area (Å²) in [6.45, 7) is 0. The molecule has 120 valence electrons. The van der Waals surface area contributed by atoms with Gasteiger partial charge in [-0.3, -0.25) is 4.79 Å².